The van der Waals surface area contributed by atoms with Crippen molar-refractivity contribution in [3.8, 4) is 5.75 Å². The molecule has 18 heavy (non-hydrogen) atoms. The smallest absolute Gasteiger partial charge is 0.118 e. The normalized spacial score (nSPS) is 25.1. The van der Waals surface area contributed by atoms with Crippen LogP contribution in [0, 0.1) is 0 Å². The van der Waals surface area contributed by atoms with E-state index in [-0.39, 0.29) is 5.54 Å². The largest absolute Gasteiger partial charge is 0.497 e. The number of likely N-dealkylation sites (tertiary alicyclic amines) is 1. The molecule has 1 saturated heterocycles. The fourth-order valence-corrected chi connectivity index (χ4v) is 2.93. The van der Waals surface area contributed by atoms with Crippen molar-refractivity contribution in [1.29, 1.82) is 0 Å². The second kappa shape index (κ2) is 5.72. The highest BCUT2D eigenvalue weighted by molar-refractivity contribution is 5.28. The fraction of sp³-hybridized carbons (Fsp3) is 0.600. The number of nitrogens with one attached hydrogen (secondary N) is 1. The summed E-state index contributed by atoms with van der Waals surface area (Å²) in [5.41, 5.74) is 1.60. The lowest BCUT2D eigenvalue weighted by atomic mass is 9.83. The van der Waals surface area contributed by atoms with E-state index in [0.717, 1.165) is 18.7 Å². The zero-order chi connectivity index (χ0) is 13.0. The molecule has 3 heteroatoms. The number of piperidine rings is 1. The van der Waals surface area contributed by atoms with Gasteiger partial charge in [0.15, 0.2) is 0 Å². The van der Waals surface area contributed by atoms with Gasteiger partial charge in [-0.15, -0.1) is 0 Å². The minimum atomic E-state index is 0.224. The highest BCUT2D eigenvalue weighted by Gasteiger charge is 2.32. The zero-order valence-electron chi connectivity index (χ0n) is 11.7. The monoisotopic (exact) mass is 248 g/mol. The Kier molecular flexibility index (Phi) is 4.25. The van der Waals surface area contributed by atoms with Crippen molar-refractivity contribution in [1.82, 2.24) is 10.2 Å². The fourth-order valence-electron chi connectivity index (χ4n) is 2.93. The standard InChI is InChI=1S/C15H24N2O/c1-16-15(9-4-10-17(2)12-15)11-13-5-7-14(18-3)8-6-13/h5-8,16H,4,9-12H2,1-3H3. The molecule has 0 spiro atoms. The summed E-state index contributed by atoms with van der Waals surface area (Å²) < 4.78 is 5.20. The van der Waals surface area contributed by atoms with Crippen molar-refractivity contribution in [2.45, 2.75) is 24.8 Å². The van der Waals surface area contributed by atoms with Crippen molar-refractivity contribution < 1.29 is 4.74 Å². The number of nitrogens with zero attached hydrogens (tertiary/aromatic N) is 1. The Bertz CT molecular complexity index is 377. The highest BCUT2D eigenvalue weighted by atomic mass is 16.5. The van der Waals surface area contributed by atoms with Crippen LogP contribution in [0.5, 0.6) is 5.75 Å². The van der Waals surface area contributed by atoms with Crippen LogP contribution in [0.25, 0.3) is 0 Å². The minimum Gasteiger partial charge on any atom is -0.497 e. The number of methoxy groups -OCH3 is 1. The van der Waals surface area contributed by atoms with Crippen molar-refractivity contribution in [3.63, 3.8) is 0 Å². The number of rotatable bonds is 4. The van der Waals surface area contributed by atoms with E-state index >= 15 is 0 Å². The van der Waals surface area contributed by atoms with E-state index in [1.807, 2.05) is 12.1 Å². The summed E-state index contributed by atoms with van der Waals surface area (Å²) in [6, 6.07) is 8.44. The second-order valence-electron chi connectivity index (χ2n) is 5.40. The lowest BCUT2D eigenvalue weighted by Gasteiger charge is -2.41. The topological polar surface area (TPSA) is 24.5 Å². The Morgan fingerprint density at radius 1 is 1.33 bits per heavy atom. The molecular weight excluding hydrogens is 224 g/mol. The molecular formula is C15H24N2O. The van der Waals surface area contributed by atoms with Crippen LogP contribution in [-0.4, -0.2) is 44.7 Å². The third kappa shape index (κ3) is 3.03. The van der Waals surface area contributed by atoms with Gasteiger partial charge in [-0.05, 0) is 57.6 Å². The molecule has 0 amide bonds. The van der Waals surface area contributed by atoms with Crippen LogP contribution in [0.1, 0.15) is 18.4 Å². The molecule has 1 aromatic rings. The van der Waals surface area contributed by atoms with Crippen LogP contribution in [-0.2, 0) is 6.42 Å². The number of hydrogen-bond donors (Lipinski definition) is 1. The van der Waals surface area contributed by atoms with Gasteiger partial charge in [-0.3, -0.25) is 0 Å². The van der Waals surface area contributed by atoms with Gasteiger partial charge in [0, 0.05) is 12.1 Å². The summed E-state index contributed by atoms with van der Waals surface area (Å²) in [5, 5.41) is 3.55. The summed E-state index contributed by atoms with van der Waals surface area (Å²) in [4.78, 5) is 2.42. The van der Waals surface area contributed by atoms with Crippen molar-refractivity contribution in [2.24, 2.45) is 0 Å². The van der Waals surface area contributed by atoms with E-state index < -0.39 is 0 Å². The lowest BCUT2D eigenvalue weighted by Crippen LogP contribution is -2.56. The first-order valence-corrected chi connectivity index (χ1v) is 6.68. The molecule has 3 nitrogen and oxygen atoms in total. The molecule has 2 rings (SSSR count). The van der Waals surface area contributed by atoms with Crippen LogP contribution < -0.4 is 10.1 Å². The third-order valence-corrected chi connectivity index (χ3v) is 4.00. The van der Waals surface area contributed by atoms with Crippen LogP contribution >= 0.6 is 0 Å². The van der Waals surface area contributed by atoms with E-state index in [4.69, 9.17) is 4.74 Å². The summed E-state index contributed by atoms with van der Waals surface area (Å²) in [7, 11) is 6.00. The van der Waals surface area contributed by atoms with Crippen molar-refractivity contribution >= 4 is 0 Å². The minimum absolute atomic E-state index is 0.224. The first-order valence-electron chi connectivity index (χ1n) is 6.68. The number of benzene rings is 1. The van der Waals surface area contributed by atoms with Gasteiger partial charge in [0.1, 0.15) is 5.75 Å². The average Bonchev–Trinajstić information content (AvgIpc) is 2.39. The first kappa shape index (κ1) is 13.4. The molecule has 1 unspecified atom stereocenters. The quantitative estimate of drug-likeness (QED) is 0.881. The predicted octanol–water partition coefficient (Wildman–Crippen LogP) is 1.92. The maximum absolute atomic E-state index is 5.20. The molecule has 0 bridgehead atoms. The summed E-state index contributed by atoms with van der Waals surface area (Å²) in [6.07, 6.45) is 3.60. The van der Waals surface area contributed by atoms with Crippen LogP contribution in [0.2, 0.25) is 0 Å². The van der Waals surface area contributed by atoms with Crippen molar-refractivity contribution in [3.05, 3.63) is 29.8 Å². The molecule has 0 aromatic heterocycles. The molecule has 1 aliphatic rings. The molecule has 1 fully saturated rings. The average molecular weight is 248 g/mol. The van der Waals surface area contributed by atoms with Gasteiger partial charge in [0.25, 0.3) is 0 Å². The molecule has 1 N–H and O–H groups in total. The maximum atomic E-state index is 5.20. The lowest BCUT2D eigenvalue weighted by molar-refractivity contribution is 0.151. The van der Waals surface area contributed by atoms with Crippen molar-refractivity contribution in [2.75, 3.05) is 34.3 Å². The molecule has 0 radical (unpaired) electrons. The summed E-state index contributed by atoms with van der Waals surface area (Å²) in [6.45, 7) is 2.33. The molecule has 100 valence electrons. The van der Waals surface area contributed by atoms with Gasteiger partial charge < -0.3 is 15.0 Å². The van der Waals surface area contributed by atoms with Gasteiger partial charge in [-0.1, -0.05) is 12.1 Å². The highest BCUT2D eigenvalue weighted by Crippen LogP contribution is 2.25. The van der Waals surface area contributed by atoms with E-state index in [1.54, 1.807) is 7.11 Å². The Morgan fingerprint density at radius 3 is 2.61 bits per heavy atom. The Labute approximate surface area is 110 Å². The van der Waals surface area contributed by atoms with E-state index in [0.29, 0.717) is 0 Å². The zero-order valence-corrected chi connectivity index (χ0v) is 11.7. The van der Waals surface area contributed by atoms with Crippen LogP contribution in [0.15, 0.2) is 24.3 Å². The molecule has 1 heterocycles. The molecule has 0 aliphatic carbocycles. The first-order chi connectivity index (χ1) is 8.67. The number of ether oxygens (including phenoxy) is 1. The molecule has 1 atom stereocenters. The van der Waals surface area contributed by atoms with E-state index in [1.165, 1.54) is 24.9 Å². The van der Waals surface area contributed by atoms with Crippen LogP contribution in [0.3, 0.4) is 0 Å². The molecule has 1 aromatic carbocycles. The summed E-state index contributed by atoms with van der Waals surface area (Å²) in [5.74, 6) is 0.929. The van der Waals surface area contributed by atoms with Gasteiger partial charge >= 0.3 is 0 Å². The molecule has 1 aliphatic heterocycles. The van der Waals surface area contributed by atoms with Gasteiger partial charge in [-0.25, -0.2) is 0 Å². The van der Waals surface area contributed by atoms with Crippen LogP contribution in [0.4, 0.5) is 0 Å². The molecule has 0 saturated carbocycles. The van der Waals surface area contributed by atoms with Gasteiger partial charge in [-0.2, -0.15) is 0 Å². The predicted molar refractivity (Wildman–Crippen MR) is 75.2 cm³/mol. The van der Waals surface area contributed by atoms with E-state index in [9.17, 15) is 0 Å². The SMILES string of the molecule is CNC1(Cc2ccc(OC)cc2)CCCN(C)C1. The Balaban J connectivity index is 2.08. The summed E-state index contributed by atoms with van der Waals surface area (Å²) >= 11 is 0. The number of likely N-dealkylation sites (N-methyl/N-ethyl adjacent to an activating group) is 2. The third-order valence-electron chi connectivity index (χ3n) is 4.00. The van der Waals surface area contributed by atoms with Gasteiger partial charge in [0.05, 0.1) is 7.11 Å². The van der Waals surface area contributed by atoms with Gasteiger partial charge in [0.2, 0.25) is 0 Å². The number of hydrogen-bond acceptors (Lipinski definition) is 3. The van der Waals surface area contributed by atoms with E-state index in [2.05, 4.69) is 36.4 Å². The Hall–Kier alpha value is -1.06. The second-order valence-corrected chi connectivity index (χ2v) is 5.40. The Morgan fingerprint density at radius 2 is 2.06 bits per heavy atom. The maximum Gasteiger partial charge on any atom is 0.118 e.